The van der Waals surface area contributed by atoms with E-state index < -0.39 is 24.0 Å². The zero-order valence-electron chi connectivity index (χ0n) is 13.9. The third kappa shape index (κ3) is 4.69. The highest BCUT2D eigenvalue weighted by atomic mass is 16.6. The van der Waals surface area contributed by atoms with Gasteiger partial charge in [0.15, 0.2) is 6.10 Å². The van der Waals surface area contributed by atoms with Gasteiger partial charge < -0.3 is 9.84 Å². The Morgan fingerprint density at radius 1 is 0.917 bits per heavy atom. The minimum atomic E-state index is -1.13. The van der Waals surface area contributed by atoms with Gasteiger partial charge in [-0.25, -0.2) is 4.79 Å². The molecule has 0 fully saturated rings. The molecule has 0 saturated carbocycles. The normalized spacial score (nSPS) is 12.2. The van der Waals surface area contributed by atoms with Gasteiger partial charge in [-0.05, 0) is 23.5 Å². The van der Waals surface area contributed by atoms with Crippen LogP contribution >= 0.6 is 0 Å². The quantitative estimate of drug-likeness (QED) is 0.785. The fraction of sp³-hybridized carbons (Fsp3) is 0.300. The molecule has 0 radical (unpaired) electrons. The summed E-state index contributed by atoms with van der Waals surface area (Å²) >= 11 is 0. The summed E-state index contributed by atoms with van der Waals surface area (Å²) in [5.41, 5.74) is 1.56. The lowest BCUT2D eigenvalue weighted by molar-refractivity contribution is -0.165. The Hall–Kier alpha value is -2.62. The van der Waals surface area contributed by atoms with Gasteiger partial charge in [-0.1, -0.05) is 74.5 Å². The van der Waals surface area contributed by atoms with Crippen LogP contribution in [0.25, 0.3) is 0 Å². The molecule has 0 spiro atoms. The molecular formula is C20H22O4. The molecule has 24 heavy (non-hydrogen) atoms. The van der Waals surface area contributed by atoms with Crippen molar-refractivity contribution in [3.05, 3.63) is 71.8 Å². The summed E-state index contributed by atoms with van der Waals surface area (Å²) in [4.78, 5) is 24.1. The summed E-state index contributed by atoms with van der Waals surface area (Å²) < 4.78 is 5.36. The van der Waals surface area contributed by atoms with E-state index in [1.54, 1.807) is 0 Å². The van der Waals surface area contributed by atoms with Crippen molar-refractivity contribution in [2.24, 2.45) is 5.92 Å². The molecule has 4 heteroatoms. The van der Waals surface area contributed by atoms with Crippen LogP contribution in [0.3, 0.4) is 0 Å². The summed E-state index contributed by atoms with van der Waals surface area (Å²) in [7, 11) is 0. The van der Waals surface area contributed by atoms with E-state index in [0.29, 0.717) is 0 Å². The van der Waals surface area contributed by atoms with E-state index in [1.165, 1.54) is 0 Å². The zero-order chi connectivity index (χ0) is 17.5. The van der Waals surface area contributed by atoms with Gasteiger partial charge in [-0.15, -0.1) is 0 Å². The molecule has 0 unspecified atom stereocenters. The van der Waals surface area contributed by atoms with E-state index in [1.807, 2.05) is 74.5 Å². The molecular weight excluding hydrogens is 304 g/mol. The Labute approximate surface area is 142 Å². The van der Waals surface area contributed by atoms with Gasteiger partial charge in [-0.2, -0.15) is 0 Å². The van der Waals surface area contributed by atoms with Gasteiger partial charge in [0, 0.05) is 0 Å². The molecule has 4 nitrogen and oxygen atoms in total. The Morgan fingerprint density at radius 2 is 1.38 bits per heavy atom. The Kier molecular flexibility index (Phi) is 6.13. The lowest BCUT2D eigenvalue weighted by Gasteiger charge is -2.21. The maximum absolute atomic E-state index is 12.8. The number of carboxylic acid groups (broad SMARTS) is 1. The summed E-state index contributed by atoms with van der Waals surface area (Å²) in [5.74, 6) is -2.18. The maximum Gasteiger partial charge on any atom is 0.345 e. The molecule has 0 saturated heterocycles. The smallest absolute Gasteiger partial charge is 0.345 e. The maximum atomic E-state index is 12.8. The molecule has 0 aromatic heterocycles. The Balaban J connectivity index is 2.30. The van der Waals surface area contributed by atoms with E-state index in [2.05, 4.69) is 0 Å². The van der Waals surface area contributed by atoms with E-state index in [4.69, 9.17) is 4.74 Å². The first kappa shape index (κ1) is 17.7. The molecule has 2 aromatic rings. The SMILES string of the molecule is CC(C)C[C@@H](OC(=O)C(c1ccccc1)c1ccccc1)C(=O)O. The summed E-state index contributed by atoms with van der Waals surface area (Å²) in [6.45, 7) is 3.80. The highest BCUT2D eigenvalue weighted by Crippen LogP contribution is 2.27. The summed E-state index contributed by atoms with van der Waals surface area (Å²) in [5, 5.41) is 9.32. The average molecular weight is 326 g/mol. The van der Waals surface area contributed by atoms with Crippen molar-refractivity contribution in [1.82, 2.24) is 0 Å². The molecule has 126 valence electrons. The second kappa shape index (κ2) is 8.29. The number of esters is 1. The van der Waals surface area contributed by atoms with Crippen molar-refractivity contribution in [3.8, 4) is 0 Å². The molecule has 1 N–H and O–H groups in total. The van der Waals surface area contributed by atoms with Gasteiger partial charge in [0.05, 0.1) is 0 Å². The molecule has 0 aliphatic heterocycles. The van der Waals surface area contributed by atoms with Gasteiger partial charge in [0.2, 0.25) is 0 Å². The highest BCUT2D eigenvalue weighted by Gasteiger charge is 2.30. The van der Waals surface area contributed by atoms with Crippen LogP contribution < -0.4 is 0 Å². The second-order valence-electron chi connectivity index (χ2n) is 6.15. The molecule has 2 aromatic carbocycles. The van der Waals surface area contributed by atoms with Crippen LogP contribution in [0.5, 0.6) is 0 Å². The van der Waals surface area contributed by atoms with Crippen molar-refractivity contribution < 1.29 is 19.4 Å². The predicted octanol–water partition coefficient (Wildman–Crippen LogP) is 3.86. The fourth-order valence-electron chi connectivity index (χ4n) is 2.59. The number of hydrogen-bond donors (Lipinski definition) is 1. The van der Waals surface area contributed by atoms with Crippen molar-refractivity contribution in [2.45, 2.75) is 32.3 Å². The van der Waals surface area contributed by atoms with Crippen molar-refractivity contribution in [1.29, 1.82) is 0 Å². The molecule has 0 aliphatic rings. The number of benzene rings is 2. The minimum Gasteiger partial charge on any atom is -0.479 e. The number of ether oxygens (including phenoxy) is 1. The lowest BCUT2D eigenvalue weighted by atomic mass is 9.91. The topological polar surface area (TPSA) is 63.6 Å². The monoisotopic (exact) mass is 326 g/mol. The molecule has 0 heterocycles. The molecule has 1 atom stereocenters. The van der Waals surface area contributed by atoms with Gasteiger partial charge in [0.25, 0.3) is 0 Å². The first-order valence-corrected chi connectivity index (χ1v) is 8.02. The minimum absolute atomic E-state index is 0.116. The van der Waals surface area contributed by atoms with Crippen LogP contribution in [0.4, 0.5) is 0 Å². The van der Waals surface area contributed by atoms with Gasteiger partial charge in [0.1, 0.15) is 5.92 Å². The predicted molar refractivity (Wildman–Crippen MR) is 91.7 cm³/mol. The van der Waals surface area contributed by atoms with Crippen LogP contribution in [0.2, 0.25) is 0 Å². The zero-order valence-corrected chi connectivity index (χ0v) is 13.9. The largest absolute Gasteiger partial charge is 0.479 e. The van der Waals surface area contributed by atoms with Gasteiger partial charge >= 0.3 is 11.9 Å². The lowest BCUT2D eigenvalue weighted by Crippen LogP contribution is -2.31. The van der Waals surface area contributed by atoms with Crippen molar-refractivity contribution in [2.75, 3.05) is 0 Å². The van der Waals surface area contributed by atoms with Crippen LogP contribution in [-0.2, 0) is 14.3 Å². The molecule has 0 amide bonds. The fourth-order valence-corrected chi connectivity index (χ4v) is 2.59. The van der Waals surface area contributed by atoms with Crippen LogP contribution in [0.1, 0.15) is 37.3 Å². The summed E-state index contributed by atoms with van der Waals surface area (Å²) in [6, 6.07) is 18.5. The van der Waals surface area contributed by atoms with E-state index in [9.17, 15) is 14.7 Å². The van der Waals surface area contributed by atoms with Crippen LogP contribution in [0, 0.1) is 5.92 Å². The molecule has 0 bridgehead atoms. The standard InChI is InChI=1S/C20H22O4/c1-14(2)13-17(19(21)22)24-20(23)18(15-9-5-3-6-10-15)16-11-7-4-8-12-16/h3-12,14,17-18H,13H2,1-2H3,(H,21,22)/t17-/m1/s1. The molecule has 0 aliphatic carbocycles. The van der Waals surface area contributed by atoms with Crippen LogP contribution in [-0.4, -0.2) is 23.1 Å². The summed E-state index contributed by atoms with van der Waals surface area (Å²) in [6.07, 6.45) is -0.843. The highest BCUT2D eigenvalue weighted by molar-refractivity contribution is 5.85. The van der Waals surface area contributed by atoms with E-state index in [0.717, 1.165) is 11.1 Å². The number of carboxylic acids is 1. The number of aliphatic carboxylic acids is 1. The molecule has 2 rings (SSSR count). The number of carbonyl (C=O) groups excluding carboxylic acids is 1. The number of rotatable bonds is 7. The second-order valence-corrected chi connectivity index (χ2v) is 6.15. The Morgan fingerprint density at radius 3 is 1.75 bits per heavy atom. The van der Waals surface area contributed by atoms with Crippen molar-refractivity contribution >= 4 is 11.9 Å². The average Bonchev–Trinajstić information content (AvgIpc) is 2.56. The van der Waals surface area contributed by atoms with E-state index in [-0.39, 0.29) is 12.3 Å². The van der Waals surface area contributed by atoms with Gasteiger partial charge in [-0.3, -0.25) is 4.79 Å². The third-order valence-electron chi connectivity index (χ3n) is 3.72. The first-order valence-electron chi connectivity index (χ1n) is 8.02. The third-order valence-corrected chi connectivity index (χ3v) is 3.72. The van der Waals surface area contributed by atoms with Crippen molar-refractivity contribution in [3.63, 3.8) is 0 Å². The van der Waals surface area contributed by atoms with Crippen LogP contribution in [0.15, 0.2) is 60.7 Å². The Bertz CT molecular complexity index is 625. The number of carbonyl (C=O) groups is 2. The first-order chi connectivity index (χ1) is 11.5. The van der Waals surface area contributed by atoms with E-state index >= 15 is 0 Å². The number of hydrogen-bond acceptors (Lipinski definition) is 3.